The SMILES string of the molecule is COc1cc(Cl)c2c(c1)oc1cc3ccccc3c(Br)c12. The molecule has 104 valence electrons. The number of rotatable bonds is 1. The first-order valence-corrected chi connectivity index (χ1v) is 7.63. The third kappa shape index (κ3) is 1.84. The van der Waals surface area contributed by atoms with Crippen molar-refractivity contribution in [3.05, 3.63) is 52.0 Å². The third-order valence-electron chi connectivity index (χ3n) is 3.68. The van der Waals surface area contributed by atoms with Crippen LogP contribution in [0.5, 0.6) is 5.75 Å². The molecule has 2 nitrogen and oxygen atoms in total. The van der Waals surface area contributed by atoms with Crippen LogP contribution >= 0.6 is 27.5 Å². The topological polar surface area (TPSA) is 22.4 Å². The lowest BCUT2D eigenvalue weighted by molar-refractivity contribution is 0.414. The number of ether oxygens (including phenoxy) is 1. The van der Waals surface area contributed by atoms with Gasteiger partial charge in [-0.1, -0.05) is 35.9 Å². The molecule has 4 rings (SSSR count). The summed E-state index contributed by atoms with van der Waals surface area (Å²) in [5.41, 5.74) is 1.54. The molecule has 0 bridgehead atoms. The fourth-order valence-corrected chi connectivity index (χ4v) is 3.76. The normalized spacial score (nSPS) is 11.6. The molecule has 0 saturated carbocycles. The standard InChI is InChI=1S/C17H10BrClO2/c1-20-10-7-12(19)15-14(8-10)21-13-6-9-4-2-3-5-11(9)17(18)16(13)15/h2-8H,1H3. The molecular formula is C17H10BrClO2. The fraction of sp³-hybridized carbons (Fsp3) is 0.0588. The van der Waals surface area contributed by atoms with E-state index in [2.05, 4.69) is 28.1 Å². The minimum absolute atomic E-state index is 0.624. The highest BCUT2D eigenvalue weighted by molar-refractivity contribution is 9.10. The Kier molecular flexibility index (Phi) is 2.88. The molecule has 0 N–H and O–H groups in total. The van der Waals surface area contributed by atoms with Gasteiger partial charge in [-0.15, -0.1) is 0 Å². The van der Waals surface area contributed by atoms with E-state index in [0.29, 0.717) is 10.8 Å². The minimum Gasteiger partial charge on any atom is -0.497 e. The van der Waals surface area contributed by atoms with Crippen molar-refractivity contribution < 1.29 is 9.15 Å². The van der Waals surface area contributed by atoms with Crippen molar-refractivity contribution in [3.8, 4) is 5.75 Å². The van der Waals surface area contributed by atoms with Gasteiger partial charge in [-0.05, 0) is 38.8 Å². The van der Waals surface area contributed by atoms with Gasteiger partial charge in [0.25, 0.3) is 0 Å². The van der Waals surface area contributed by atoms with Crippen LogP contribution in [0.4, 0.5) is 0 Å². The Hall–Kier alpha value is -1.71. The van der Waals surface area contributed by atoms with E-state index in [4.69, 9.17) is 20.8 Å². The third-order valence-corrected chi connectivity index (χ3v) is 4.80. The zero-order valence-electron chi connectivity index (χ0n) is 11.1. The molecule has 0 unspecified atom stereocenters. The summed E-state index contributed by atoms with van der Waals surface area (Å²) in [6.07, 6.45) is 0. The van der Waals surface area contributed by atoms with Gasteiger partial charge in [0.1, 0.15) is 16.9 Å². The van der Waals surface area contributed by atoms with Crippen molar-refractivity contribution in [2.45, 2.75) is 0 Å². The summed E-state index contributed by atoms with van der Waals surface area (Å²) in [6.45, 7) is 0. The van der Waals surface area contributed by atoms with Crippen LogP contribution in [0.3, 0.4) is 0 Å². The zero-order chi connectivity index (χ0) is 14.6. The predicted octanol–water partition coefficient (Wildman–Crippen LogP) is 6.16. The predicted molar refractivity (Wildman–Crippen MR) is 90.5 cm³/mol. The Morgan fingerprint density at radius 1 is 1.05 bits per heavy atom. The number of methoxy groups -OCH3 is 1. The number of halogens is 2. The Balaban J connectivity index is 2.25. The van der Waals surface area contributed by atoms with Crippen molar-refractivity contribution in [1.29, 1.82) is 0 Å². The number of furan rings is 1. The lowest BCUT2D eigenvalue weighted by atomic mass is 10.1. The molecule has 21 heavy (non-hydrogen) atoms. The second-order valence-electron chi connectivity index (χ2n) is 4.87. The molecule has 0 radical (unpaired) electrons. The summed E-state index contributed by atoms with van der Waals surface area (Å²) >= 11 is 10.1. The highest BCUT2D eigenvalue weighted by Gasteiger charge is 2.16. The first-order chi connectivity index (χ1) is 10.2. The smallest absolute Gasteiger partial charge is 0.140 e. The molecular weight excluding hydrogens is 352 g/mol. The zero-order valence-corrected chi connectivity index (χ0v) is 13.5. The van der Waals surface area contributed by atoms with Crippen LogP contribution in [0.2, 0.25) is 5.02 Å². The molecule has 0 spiro atoms. The van der Waals surface area contributed by atoms with Gasteiger partial charge in [0, 0.05) is 21.3 Å². The quantitative estimate of drug-likeness (QED) is 0.405. The summed E-state index contributed by atoms with van der Waals surface area (Å²) < 4.78 is 12.2. The monoisotopic (exact) mass is 360 g/mol. The first kappa shape index (κ1) is 13.0. The van der Waals surface area contributed by atoms with Crippen LogP contribution in [-0.4, -0.2) is 7.11 Å². The van der Waals surface area contributed by atoms with Gasteiger partial charge < -0.3 is 9.15 Å². The van der Waals surface area contributed by atoms with Crippen molar-refractivity contribution in [2.24, 2.45) is 0 Å². The summed E-state index contributed by atoms with van der Waals surface area (Å²) in [5.74, 6) is 0.687. The average Bonchev–Trinajstić information content (AvgIpc) is 2.86. The Morgan fingerprint density at radius 2 is 1.81 bits per heavy atom. The van der Waals surface area contributed by atoms with Crippen LogP contribution in [0.25, 0.3) is 32.7 Å². The van der Waals surface area contributed by atoms with Gasteiger partial charge >= 0.3 is 0 Å². The summed E-state index contributed by atoms with van der Waals surface area (Å²) in [6, 6.07) is 13.9. The fourth-order valence-electron chi connectivity index (χ4n) is 2.71. The molecule has 4 heteroatoms. The summed E-state index contributed by atoms with van der Waals surface area (Å²) in [7, 11) is 1.62. The first-order valence-electron chi connectivity index (χ1n) is 6.46. The number of fused-ring (bicyclic) bond motifs is 4. The Bertz CT molecular complexity index is 1000. The largest absolute Gasteiger partial charge is 0.497 e. The Labute approximate surface area is 134 Å². The number of hydrogen-bond donors (Lipinski definition) is 0. The molecule has 0 aliphatic carbocycles. The maximum Gasteiger partial charge on any atom is 0.140 e. The van der Waals surface area contributed by atoms with Crippen LogP contribution in [0.1, 0.15) is 0 Å². The van der Waals surface area contributed by atoms with E-state index in [0.717, 1.165) is 37.2 Å². The molecule has 1 aromatic heterocycles. The van der Waals surface area contributed by atoms with Gasteiger partial charge in [0.15, 0.2) is 0 Å². The van der Waals surface area contributed by atoms with E-state index in [1.165, 1.54) is 0 Å². The molecule has 0 aliphatic heterocycles. The molecule has 0 saturated heterocycles. The van der Waals surface area contributed by atoms with Crippen molar-refractivity contribution in [1.82, 2.24) is 0 Å². The summed E-state index contributed by atoms with van der Waals surface area (Å²) in [5, 5.41) is 4.79. The van der Waals surface area contributed by atoms with Crippen molar-refractivity contribution in [3.63, 3.8) is 0 Å². The lowest BCUT2D eigenvalue weighted by Gasteiger charge is -2.03. The molecule has 4 aromatic rings. The maximum atomic E-state index is 6.42. The van der Waals surface area contributed by atoms with Gasteiger partial charge in [0.05, 0.1) is 12.1 Å². The van der Waals surface area contributed by atoms with Gasteiger partial charge in [-0.2, -0.15) is 0 Å². The van der Waals surface area contributed by atoms with Gasteiger partial charge in [0.2, 0.25) is 0 Å². The molecule has 3 aromatic carbocycles. The lowest BCUT2D eigenvalue weighted by Crippen LogP contribution is -1.82. The molecule has 0 aliphatic rings. The Morgan fingerprint density at radius 3 is 2.62 bits per heavy atom. The van der Waals surface area contributed by atoms with E-state index in [9.17, 15) is 0 Å². The average molecular weight is 362 g/mol. The number of benzene rings is 3. The van der Waals surface area contributed by atoms with E-state index >= 15 is 0 Å². The maximum absolute atomic E-state index is 6.42. The molecule has 0 amide bonds. The second-order valence-corrected chi connectivity index (χ2v) is 6.07. The molecule has 0 atom stereocenters. The molecule has 1 heterocycles. The van der Waals surface area contributed by atoms with E-state index in [1.54, 1.807) is 13.2 Å². The van der Waals surface area contributed by atoms with Crippen LogP contribution in [0, 0.1) is 0 Å². The highest BCUT2D eigenvalue weighted by Crippen LogP contribution is 2.43. The van der Waals surface area contributed by atoms with Crippen molar-refractivity contribution in [2.75, 3.05) is 7.11 Å². The second kappa shape index (κ2) is 4.65. The van der Waals surface area contributed by atoms with Gasteiger partial charge in [-0.25, -0.2) is 0 Å². The van der Waals surface area contributed by atoms with Gasteiger partial charge in [-0.3, -0.25) is 0 Å². The van der Waals surface area contributed by atoms with E-state index in [-0.39, 0.29) is 0 Å². The van der Waals surface area contributed by atoms with E-state index in [1.807, 2.05) is 24.3 Å². The highest BCUT2D eigenvalue weighted by atomic mass is 79.9. The van der Waals surface area contributed by atoms with Crippen molar-refractivity contribution >= 4 is 60.2 Å². The molecule has 0 fully saturated rings. The minimum atomic E-state index is 0.624. The van der Waals surface area contributed by atoms with Crippen LogP contribution < -0.4 is 4.74 Å². The van der Waals surface area contributed by atoms with Crippen LogP contribution in [0.15, 0.2) is 51.4 Å². The summed E-state index contributed by atoms with van der Waals surface area (Å²) in [4.78, 5) is 0. The van der Waals surface area contributed by atoms with E-state index < -0.39 is 0 Å². The van der Waals surface area contributed by atoms with Crippen LogP contribution in [-0.2, 0) is 0 Å². The number of hydrogen-bond acceptors (Lipinski definition) is 2.